The van der Waals surface area contributed by atoms with Crippen LogP contribution < -0.4 is 4.57 Å². The summed E-state index contributed by atoms with van der Waals surface area (Å²) < 4.78 is 33.1. The van der Waals surface area contributed by atoms with Gasteiger partial charge in [-0.2, -0.15) is 0 Å². The number of hydrogen-bond acceptors (Lipinski definition) is 4. The van der Waals surface area contributed by atoms with Crippen molar-refractivity contribution in [2.75, 3.05) is 7.11 Å². The molecule has 0 spiro atoms. The summed E-state index contributed by atoms with van der Waals surface area (Å²) in [5.41, 5.74) is 2.56. The van der Waals surface area contributed by atoms with Crippen LogP contribution in [0.1, 0.15) is 24.6 Å². The van der Waals surface area contributed by atoms with Crippen molar-refractivity contribution in [1.29, 1.82) is 0 Å². The molecule has 1 rings (SSSR count). The summed E-state index contributed by atoms with van der Waals surface area (Å²) >= 11 is 0. The Morgan fingerprint density at radius 1 is 1.50 bits per heavy atom. The normalized spacial score (nSPS) is 10.4. The minimum atomic E-state index is -4.41. The second kappa shape index (κ2) is 7.97. The summed E-state index contributed by atoms with van der Waals surface area (Å²) in [7, 11) is -1.55. The van der Waals surface area contributed by atoms with Crippen LogP contribution in [0.25, 0.3) is 6.08 Å². The Bertz CT molecular complexity index is 483. The molecule has 0 bridgehead atoms. The number of hydrogen-bond donors (Lipinski definition) is 0. The highest BCUT2D eigenvalue weighted by Crippen LogP contribution is 2.01. The van der Waals surface area contributed by atoms with E-state index in [0.29, 0.717) is 0 Å². The molecular weight excluding hydrogens is 254 g/mol. The molecule has 1 aromatic rings. The lowest BCUT2D eigenvalue weighted by Gasteiger charge is -1.98. The number of nitrogens with zero attached hydrogens (tertiary/aromatic N) is 1. The van der Waals surface area contributed by atoms with E-state index in [4.69, 9.17) is 0 Å². The first-order valence-electron chi connectivity index (χ1n) is 5.46. The minimum absolute atomic E-state index is 0.808. The minimum Gasteiger partial charge on any atom is -0.726 e. The lowest BCUT2D eigenvalue weighted by Crippen LogP contribution is -2.31. The molecule has 0 fully saturated rings. The standard InChI is InChI=1S/C11H16N.CH4O4S/c1-4-6-10-7-8-11(5-2)12(3)9-10;1-5-6(2,3)4/h5,7-9H,2,4,6H2,1,3H3;1H3,(H,2,3,4)/q+1;/p-1. The van der Waals surface area contributed by atoms with Gasteiger partial charge in [0.05, 0.1) is 7.11 Å². The Morgan fingerprint density at radius 3 is 2.39 bits per heavy atom. The molecule has 102 valence electrons. The second-order valence-electron chi connectivity index (χ2n) is 3.60. The van der Waals surface area contributed by atoms with Crippen LogP contribution >= 0.6 is 0 Å². The summed E-state index contributed by atoms with van der Waals surface area (Å²) in [6, 6.07) is 4.28. The summed E-state index contributed by atoms with van der Waals surface area (Å²) in [6.45, 7) is 5.94. The first kappa shape index (κ1) is 16.8. The number of aromatic nitrogens is 1. The van der Waals surface area contributed by atoms with E-state index in [9.17, 15) is 13.0 Å². The predicted octanol–water partition coefficient (Wildman–Crippen LogP) is 1.20. The highest BCUT2D eigenvalue weighted by atomic mass is 32.3. The van der Waals surface area contributed by atoms with Crippen LogP contribution in [0.3, 0.4) is 0 Å². The topological polar surface area (TPSA) is 70.3 Å². The van der Waals surface area contributed by atoms with E-state index < -0.39 is 10.4 Å². The van der Waals surface area contributed by atoms with Gasteiger partial charge in [-0.1, -0.05) is 19.9 Å². The predicted molar refractivity (Wildman–Crippen MR) is 68.4 cm³/mol. The second-order valence-corrected chi connectivity index (χ2v) is 4.75. The molecule has 1 aromatic heterocycles. The van der Waals surface area contributed by atoms with Gasteiger partial charge in [0.15, 0.2) is 6.20 Å². The third-order valence-electron chi connectivity index (χ3n) is 2.19. The molecule has 18 heavy (non-hydrogen) atoms. The molecule has 0 aliphatic heterocycles. The molecule has 0 radical (unpaired) electrons. The van der Waals surface area contributed by atoms with Gasteiger partial charge in [0.25, 0.3) is 0 Å². The van der Waals surface area contributed by atoms with E-state index in [1.807, 2.05) is 6.08 Å². The largest absolute Gasteiger partial charge is 0.726 e. The fourth-order valence-corrected chi connectivity index (χ4v) is 1.32. The molecule has 0 aliphatic rings. The van der Waals surface area contributed by atoms with E-state index in [1.54, 1.807) is 0 Å². The van der Waals surface area contributed by atoms with Gasteiger partial charge in [-0.15, -0.1) is 0 Å². The smallest absolute Gasteiger partial charge is 0.217 e. The van der Waals surface area contributed by atoms with Crippen LogP contribution in [0, 0.1) is 0 Å². The van der Waals surface area contributed by atoms with Crippen LogP contribution in [0.5, 0.6) is 0 Å². The Balaban J connectivity index is 0.000000411. The maximum Gasteiger partial charge on any atom is 0.217 e. The van der Waals surface area contributed by atoms with E-state index in [2.05, 4.69) is 47.6 Å². The van der Waals surface area contributed by atoms with Crippen LogP contribution in [0.2, 0.25) is 0 Å². The van der Waals surface area contributed by atoms with Crippen molar-refractivity contribution in [2.24, 2.45) is 7.05 Å². The molecule has 0 N–H and O–H groups in total. The molecule has 0 aliphatic carbocycles. The molecule has 0 atom stereocenters. The van der Waals surface area contributed by atoms with Crippen LogP contribution in [0.4, 0.5) is 0 Å². The Labute approximate surface area is 109 Å². The molecule has 0 saturated heterocycles. The molecule has 5 nitrogen and oxygen atoms in total. The zero-order chi connectivity index (χ0) is 14.2. The van der Waals surface area contributed by atoms with Crippen molar-refractivity contribution >= 4 is 16.5 Å². The SMILES string of the molecule is C=Cc1ccc(CCC)c[n+]1C.COS(=O)(=O)[O-]. The first-order valence-corrected chi connectivity index (χ1v) is 6.79. The molecule has 1 heterocycles. The van der Waals surface area contributed by atoms with E-state index in [0.717, 1.165) is 19.2 Å². The monoisotopic (exact) mass is 273 g/mol. The summed E-state index contributed by atoms with van der Waals surface area (Å²) in [6.07, 6.45) is 6.40. The highest BCUT2D eigenvalue weighted by Gasteiger charge is 2.02. The molecule has 6 heteroatoms. The first-order chi connectivity index (χ1) is 8.34. The Morgan fingerprint density at radius 2 is 2.06 bits per heavy atom. The Hall–Kier alpha value is -1.24. The fraction of sp³-hybridized carbons (Fsp3) is 0.417. The zero-order valence-electron chi connectivity index (χ0n) is 10.9. The summed E-state index contributed by atoms with van der Waals surface area (Å²) in [5.74, 6) is 0. The highest BCUT2D eigenvalue weighted by molar-refractivity contribution is 7.80. The van der Waals surface area contributed by atoms with Gasteiger partial charge < -0.3 is 4.55 Å². The maximum atomic E-state index is 9.22. The van der Waals surface area contributed by atoms with Crippen molar-refractivity contribution in [1.82, 2.24) is 0 Å². The molecule has 0 aromatic carbocycles. The molecule has 0 amide bonds. The van der Waals surface area contributed by atoms with Crippen LogP contribution in [-0.4, -0.2) is 20.1 Å². The van der Waals surface area contributed by atoms with Crippen molar-refractivity contribution in [3.63, 3.8) is 0 Å². The maximum absolute atomic E-state index is 9.22. The molecule has 0 saturated carbocycles. The zero-order valence-corrected chi connectivity index (χ0v) is 11.7. The van der Waals surface area contributed by atoms with Crippen LogP contribution in [0.15, 0.2) is 24.9 Å². The number of pyridine rings is 1. The average Bonchev–Trinajstić information content (AvgIpc) is 2.30. The number of aryl methyl sites for hydroxylation is 2. The lowest BCUT2D eigenvalue weighted by molar-refractivity contribution is -0.673. The van der Waals surface area contributed by atoms with Gasteiger partial charge in [0, 0.05) is 17.7 Å². The summed E-state index contributed by atoms with van der Waals surface area (Å²) in [5, 5.41) is 0. The fourth-order valence-electron chi connectivity index (χ4n) is 1.32. The summed E-state index contributed by atoms with van der Waals surface area (Å²) in [4.78, 5) is 0. The van der Waals surface area contributed by atoms with Crippen LogP contribution in [-0.2, 0) is 28.1 Å². The van der Waals surface area contributed by atoms with E-state index in [1.165, 1.54) is 12.0 Å². The molecule has 0 unspecified atom stereocenters. The van der Waals surface area contributed by atoms with E-state index in [-0.39, 0.29) is 0 Å². The van der Waals surface area contributed by atoms with Gasteiger partial charge in [0.2, 0.25) is 16.1 Å². The van der Waals surface area contributed by atoms with Gasteiger partial charge in [-0.25, -0.2) is 13.0 Å². The van der Waals surface area contributed by atoms with Gasteiger partial charge in [0.1, 0.15) is 7.05 Å². The van der Waals surface area contributed by atoms with E-state index >= 15 is 0 Å². The number of rotatable bonds is 4. The lowest BCUT2D eigenvalue weighted by atomic mass is 10.1. The van der Waals surface area contributed by atoms with Crippen molar-refractivity contribution < 1.29 is 21.7 Å². The quantitative estimate of drug-likeness (QED) is 0.469. The third-order valence-corrected chi connectivity index (χ3v) is 2.60. The van der Waals surface area contributed by atoms with Crippen molar-refractivity contribution in [3.8, 4) is 0 Å². The molecular formula is C12H19NO4S. The van der Waals surface area contributed by atoms with Gasteiger partial charge >= 0.3 is 0 Å². The average molecular weight is 273 g/mol. The van der Waals surface area contributed by atoms with Crippen molar-refractivity contribution in [3.05, 3.63) is 36.2 Å². The van der Waals surface area contributed by atoms with Gasteiger partial charge in [-0.3, -0.25) is 4.18 Å². The Kier molecular flexibility index (Phi) is 7.42. The third kappa shape index (κ3) is 7.16. The van der Waals surface area contributed by atoms with Crippen molar-refractivity contribution in [2.45, 2.75) is 19.8 Å². The van der Waals surface area contributed by atoms with Gasteiger partial charge in [-0.05, 0) is 12.5 Å².